The summed E-state index contributed by atoms with van der Waals surface area (Å²) in [6.45, 7) is 3.00. The van der Waals surface area contributed by atoms with Crippen LogP contribution in [0.25, 0.3) is 5.65 Å². The van der Waals surface area contributed by atoms with Gasteiger partial charge in [-0.1, -0.05) is 6.07 Å². The number of anilines is 1. The predicted molar refractivity (Wildman–Crippen MR) is 95.7 cm³/mol. The number of hydrogen-bond acceptors (Lipinski definition) is 6. The van der Waals surface area contributed by atoms with E-state index in [1.807, 2.05) is 30.5 Å². The summed E-state index contributed by atoms with van der Waals surface area (Å²) in [4.78, 5) is 15.4. The fourth-order valence-corrected chi connectivity index (χ4v) is 3.27. The van der Waals surface area contributed by atoms with E-state index in [0.717, 1.165) is 49.6 Å². The molecule has 1 aliphatic rings. The molecule has 1 saturated heterocycles. The lowest BCUT2D eigenvalue weighted by atomic mass is 10.0. The van der Waals surface area contributed by atoms with Crippen molar-refractivity contribution in [1.82, 2.24) is 24.3 Å². The Bertz CT molecular complexity index is 807. The van der Waals surface area contributed by atoms with Crippen molar-refractivity contribution < 1.29 is 4.74 Å². The monoisotopic (exact) mass is 338 g/mol. The number of nitrogens with one attached hydrogen (secondary N) is 1. The topological polar surface area (TPSA) is 67.6 Å². The quantitative estimate of drug-likeness (QED) is 0.769. The minimum atomic E-state index is 0.428. The van der Waals surface area contributed by atoms with Crippen molar-refractivity contribution >= 4 is 11.5 Å². The Hall–Kier alpha value is -2.67. The first-order valence-electron chi connectivity index (χ1n) is 8.58. The highest BCUT2D eigenvalue weighted by Crippen LogP contribution is 2.18. The van der Waals surface area contributed by atoms with Gasteiger partial charge in [-0.05, 0) is 25.0 Å². The lowest BCUT2D eigenvalue weighted by molar-refractivity contribution is 0.209. The van der Waals surface area contributed by atoms with Crippen molar-refractivity contribution in [2.45, 2.75) is 25.4 Å². The van der Waals surface area contributed by atoms with E-state index in [1.165, 1.54) is 6.33 Å². The normalized spacial score (nSPS) is 16.2. The molecule has 25 heavy (non-hydrogen) atoms. The van der Waals surface area contributed by atoms with Gasteiger partial charge >= 0.3 is 0 Å². The largest absolute Gasteiger partial charge is 0.481 e. The van der Waals surface area contributed by atoms with Gasteiger partial charge in [0.2, 0.25) is 5.88 Å². The number of fused-ring (bicyclic) bond motifs is 1. The number of ether oxygens (including phenoxy) is 1. The molecular formula is C18H22N6O. The third-order valence-corrected chi connectivity index (χ3v) is 4.59. The van der Waals surface area contributed by atoms with Gasteiger partial charge in [0, 0.05) is 44.1 Å². The van der Waals surface area contributed by atoms with Crippen molar-refractivity contribution in [1.29, 1.82) is 0 Å². The molecule has 0 saturated carbocycles. The Morgan fingerprint density at radius 3 is 2.92 bits per heavy atom. The van der Waals surface area contributed by atoms with Gasteiger partial charge in [-0.15, -0.1) is 0 Å². The van der Waals surface area contributed by atoms with Crippen LogP contribution in [0.4, 0.5) is 5.82 Å². The molecule has 0 aromatic carbocycles. The second-order valence-electron chi connectivity index (χ2n) is 6.34. The van der Waals surface area contributed by atoms with Gasteiger partial charge in [-0.2, -0.15) is 0 Å². The molecule has 0 unspecified atom stereocenters. The molecule has 1 N–H and O–H groups in total. The summed E-state index contributed by atoms with van der Waals surface area (Å²) in [7, 11) is 1.62. The van der Waals surface area contributed by atoms with E-state index in [9.17, 15) is 0 Å². The molecule has 7 nitrogen and oxygen atoms in total. The first-order valence-corrected chi connectivity index (χ1v) is 8.58. The van der Waals surface area contributed by atoms with E-state index >= 15 is 0 Å². The zero-order chi connectivity index (χ0) is 17.1. The van der Waals surface area contributed by atoms with Crippen LogP contribution in [0, 0.1) is 0 Å². The number of piperidine rings is 1. The number of nitrogens with zero attached hydrogens (tertiary/aromatic N) is 5. The fraction of sp³-hybridized carbons (Fsp3) is 0.389. The third-order valence-electron chi connectivity index (χ3n) is 4.59. The molecular weight excluding hydrogens is 316 g/mol. The minimum absolute atomic E-state index is 0.428. The van der Waals surface area contributed by atoms with Crippen LogP contribution in [0.15, 0.2) is 43.0 Å². The first-order chi connectivity index (χ1) is 12.3. The van der Waals surface area contributed by atoms with Crippen molar-refractivity contribution in [3.05, 3.63) is 48.7 Å². The van der Waals surface area contributed by atoms with Gasteiger partial charge in [-0.25, -0.2) is 15.0 Å². The third kappa shape index (κ3) is 3.71. The van der Waals surface area contributed by atoms with Crippen molar-refractivity contribution in [2.75, 3.05) is 25.5 Å². The molecule has 4 rings (SSSR count). The van der Waals surface area contributed by atoms with Gasteiger partial charge in [0.15, 0.2) is 0 Å². The van der Waals surface area contributed by atoms with E-state index < -0.39 is 0 Å². The average molecular weight is 338 g/mol. The van der Waals surface area contributed by atoms with E-state index in [1.54, 1.807) is 7.11 Å². The van der Waals surface area contributed by atoms with Crippen LogP contribution in [-0.2, 0) is 6.54 Å². The predicted octanol–water partition coefficient (Wildman–Crippen LogP) is 2.21. The summed E-state index contributed by atoms with van der Waals surface area (Å²) >= 11 is 0. The highest BCUT2D eigenvalue weighted by Gasteiger charge is 2.20. The second kappa shape index (κ2) is 7.06. The first kappa shape index (κ1) is 15.8. The summed E-state index contributed by atoms with van der Waals surface area (Å²) in [5, 5.41) is 3.48. The Morgan fingerprint density at radius 1 is 1.24 bits per heavy atom. The molecule has 0 atom stereocenters. The maximum atomic E-state index is 5.14. The summed E-state index contributed by atoms with van der Waals surface area (Å²) in [6.07, 6.45) is 7.85. The molecule has 4 heterocycles. The SMILES string of the molecule is COc1cc(NC2CCN(Cc3cn4ccccc4n3)CC2)ncn1. The number of methoxy groups -OCH3 is 1. The second-order valence-corrected chi connectivity index (χ2v) is 6.34. The molecule has 3 aromatic heterocycles. The van der Waals surface area contributed by atoms with Crippen LogP contribution in [-0.4, -0.2) is 50.5 Å². The Kier molecular flexibility index (Phi) is 4.47. The number of aromatic nitrogens is 4. The minimum Gasteiger partial charge on any atom is -0.481 e. The number of hydrogen-bond donors (Lipinski definition) is 1. The summed E-state index contributed by atoms with van der Waals surface area (Å²) in [6, 6.07) is 8.35. The Morgan fingerprint density at radius 2 is 2.12 bits per heavy atom. The van der Waals surface area contributed by atoms with Crippen molar-refractivity contribution in [3.8, 4) is 5.88 Å². The van der Waals surface area contributed by atoms with Crippen LogP contribution < -0.4 is 10.1 Å². The molecule has 130 valence electrons. The summed E-state index contributed by atoms with van der Waals surface area (Å²) in [5.74, 6) is 1.41. The number of rotatable bonds is 5. The van der Waals surface area contributed by atoms with Crippen LogP contribution >= 0.6 is 0 Å². The maximum Gasteiger partial charge on any atom is 0.218 e. The molecule has 7 heteroatoms. The molecule has 0 radical (unpaired) electrons. The molecule has 1 fully saturated rings. The fourth-order valence-electron chi connectivity index (χ4n) is 3.27. The summed E-state index contributed by atoms with van der Waals surface area (Å²) in [5.41, 5.74) is 2.13. The van der Waals surface area contributed by atoms with E-state index in [-0.39, 0.29) is 0 Å². The standard InChI is InChI=1S/C18H22N6O/c1-25-18-10-16(19-13-20-18)21-14-5-8-23(9-6-14)11-15-12-24-7-3-2-4-17(24)22-15/h2-4,7,10,12-14H,5-6,8-9,11H2,1H3,(H,19,20,21). The molecule has 0 bridgehead atoms. The van der Waals surface area contributed by atoms with E-state index in [0.29, 0.717) is 11.9 Å². The smallest absolute Gasteiger partial charge is 0.218 e. The van der Waals surface area contributed by atoms with E-state index in [4.69, 9.17) is 4.74 Å². The lowest BCUT2D eigenvalue weighted by Crippen LogP contribution is -2.38. The molecule has 1 aliphatic heterocycles. The van der Waals surface area contributed by atoms with Gasteiger partial charge < -0.3 is 14.5 Å². The van der Waals surface area contributed by atoms with E-state index in [2.05, 4.69) is 35.8 Å². The Balaban J connectivity index is 1.31. The van der Waals surface area contributed by atoms with Gasteiger partial charge in [-0.3, -0.25) is 4.90 Å². The summed E-state index contributed by atoms with van der Waals surface area (Å²) < 4.78 is 7.22. The highest BCUT2D eigenvalue weighted by atomic mass is 16.5. The zero-order valence-electron chi connectivity index (χ0n) is 14.3. The zero-order valence-corrected chi connectivity index (χ0v) is 14.3. The van der Waals surface area contributed by atoms with Gasteiger partial charge in [0.05, 0.1) is 12.8 Å². The molecule has 0 aliphatic carbocycles. The lowest BCUT2D eigenvalue weighted by Gasteiger charge is -2.32. The molecule has 3 aromatic rings. The maximum absolute atomic E-state index is 5.14. The van der Waals surface area contributed by atoms with Crippen LogP contribution in [0.2, 0.25) is 0 Å². The van der Waals surface area contributed by atoms with Gasteiger partial charge in [0.25, 0.3) is 0 Å². The number of imidazole rings is 1. The Labute approximate surface area is 146 Å². The van der Waals surface area contributed by atoms with Crippen LogP contribution in [0.3, 0.4) is 0 Å². The van der Waals surface area contributed by atoms with Crippen LogP contribution in [0.1, 0.15) is 18.5 Å². The molecule has 0 amide bonds. The number of pyridine rings is 1. The number of likely N-dealkylation sites (tertiary alicyclic amines) is 1. The van der Waals surface area contributed by atoms with Gasteiger partial charge in [0.1, 0.15) is 17.8 Å². The average Bonchev–Trinajstić information content (AvgIpc) is 3.06. The van der Waals surface area contributed by atoms with Crippen LogP contribution in [0.5, 0.6) is 5.88 Å². The highest BCUT2D eigenvalue weighted by molar-refractivity contribution is 5.39. The molecule has 0 spiro atoms. The van der Waals surface area contributed by atoms with Crippen molar-refractivity contribution in [3.63, 3.8) is 0 Å². The van der Waals surface area contributed by atoms with Crippen molar-refractivity contribution in [2.24, 2.45) is 0 Å².